The first-order valence-corrected chi connectivity index (χ1v) is 9.26. The van der Waals surface area contributed by atoms with E-state index in [2.05, 4.69) is 10.6 Å². The molecule has 0 aliphatic carbocycles. The monoisotopic (exact) mass is 366 g/mol. The minimum absolute atomic E-state index is 0.0494. The van der Waals surface area contributed by atoms with Crippen LogP contribution in [-0.4, -0.2) is 36.0 Å². The Labute approximate surface area is 159 Å². The fourth-order valence-electron chi connectivity index (χ4n) is 3.23. The molecule has 6 heteroatoms. The summed E-state index contributed by atoms with van der Waals surface area (Å²) in [6, 6.07) is 16.2. The summed E-state index contributed by atoms with van der Waals surface area (Å²) in [5.74, 6) is -0.0639. The molecule has 1 saturated heterocycles. The predicted octanol–water partition coefficient (Wildman–Crippen LogP) is 2.81. The van der Waals surface area contributed by atoms with Gasteiger partial charge in [-0.1, -0.05) is 48.0 Å². The maximum Gasteiger partial charge on any atom is 0.319 e. The van der Waals surface area contributed by atoms with E-state index in [9.17, 15) is 9.59 Å². The number of hydrogen-bond acceptors (Lipinski definition) is 3. The summed E-state index contributed by atoms with van der Waals surface area (Å²) in [7, 11) is 0. The van der Waals surface area contributed by atoms with Crippen molar-refractivity contribution in [3.8, 4) is 0 Å². The van der Waals surface area contributed by atoms with Crippen molar-refractivity contribution in [2.24, 2.45) is 5.73 Å². The molecule has 3 amide bonds. The number of carbonyl (C=O) groups is 2. The van der Waals surface area contributed by atoms with Gasteiger partial charge >= 0.3 is 6.03 Å². The van der Waals surface area contributed by atoms with E-state index in [0.29, 0.717) is 25.9 Å². The van der Waals surface area contributed by atoms with Crippen molar-refractivity contribution in [2.75, 3.05) is 18.4 Å². The summed E-state index contributed by atoms with van der Waals surface area (Å²) in [5, 5.41) is 5.79. The van der Waals surface area contributed by atoms with Crippen LogP contribution in [0.2, 0.25) is 0 Å². The Kier molecular flexibility index (Phi) is 6.08. The number of nitrogens with zero attached hydrogens (tertiary/aromatic N) is 1. The summed E-state index contributed by atoms with van der Waals surface area (Å²) in [4.78, 5) is 26.5. The van der Waals surface area contributed by atoms with Gasteiger partial charge in [0, 0.05) is 24.8 Å². The van der Waals surface area contributed by atoms with Crippen LogP contribution in [0.4, 0.5) is 10.5 Å². The molecule has 1 aliphatic heterocycles. The number of nitrogens with one attached hydrogen (secondary N) is 2. The van der Waals surface area contributed by atoms with Crippen LogP contribution >= 0.6 is 0 Å². The van der Waals surface area contributed by atoms with Crippen molar-refractivity contribution in [3.63, 3.8) is 0 Å². The average Bonchev–Trinajstić information content (AvgIpc) is 2.69. The van der Waals surface area contributed by atoms with Gasteiger partial charge in [0.1, 0.15) is 6.04 Å². The zero-order valence-corrected chi connectivity index (χ0v) is 15.5. The van der Waals surface area contributed by atoms with Gasteiger partial charge in [-0.3, -0.25) is 4.79 Å². The molecule has 4 N–H and O–H groups in total. The number of aryl methyl sites for hydroxylation is 1. The van der Waals surface area contributed by atoms with E-state index in [1.54, 1.807) is 4.90 Å². The smallest absolute Gasteiger partial charge is 0.319 e. The van der Waals surface area contributed by atoms with Crippen LogP contribution in [0.15, 0.2) is 54.6 Å². The molecule has 2 aromatic rings. The van der Waals surface area contributed by atoms with Crippen LogP contribution in [0.5, 0.6) is 0 Å². The quantitative estimate of drug-likeness (QED) is 0.777. The summed E-state index contributed by atoms with van der Waals surface area (Å²) in [6.45, 7) is 3.19. The molecule has 0 aromatic heterocycles. The molecular weight excluding hydrogens is 340 g/mol. The van der Waals surface area contributed by atoms with Gasteiger partial charge in [-0.15, -0.1) is 0 Å². The van der Waals surface area contributed by atoms with Crippen molar-refractivity contribution in [2.45, 2.75) is 31.8 Å². The average molecular weight is 366 g/mol. The van der Waals surface area contributed by atoms with Crippen molar-refractivity contribution in [3.05, 3.63) is 65.7 Å². The Balaban J connectivity index is 1.47. The molecule has 6 nitrogen and oxygen atoms in total. The Bertz CT molecular complexity index is 769. The molecule has 0 radical (unpaired) electrons. The first-order chi connectivity index (χ1) is 13.0. The van der Waals surface area contributed by atoms with Gasteiger partial charge in [0.15, 0.2) is 0 Å². The Morgan fingerprint density at radius 2 is 1.67 bits per heavy atom. The van der Waals surface area contributed by atoms with Crippen LogP contribution in [-0.2, 0) is 4.79 Å². The number of likely N-dealkylation sites (tertiary alicyclic amines) is 1. The second kappa shape index (κ2) is 8.68. The molecule has 0 bridgehead atoms. The molecule has 1 aliphatic rings. The Morgan fingerprint density at radius 3 is 2.30 bits per heavy atom. The number of benzene rings is 2. The van der Waals surface area contributed by atoms with Crippen molar-refractivity contribution in [1.82, 2.24) is 10.2 Å². The first-order valence-electron chi connectivity index (χ1n) is 9.26. The van der Waals surface area contributed by atoms with E-state index in [1.165, 1.54) is 0 Å². The maximum atomic E-state index is 12.7. The molecule has 2 aromatic carbocycles. The van der Waals surface area contributed by atoms with Gasteiger partial charge in [0.25, 0.3) is 0 Å². The highest BCUT2D eigenvalue weighted by Gasteiger charge is 2.27. The molecule has 1 unspecified atom stereocenters. The van der Waals surface area contributed by atoms with Gasteiger partial charge in [0.05, 0.1) is 0 Å². The van der Waals surface area contributed by atoms with E-state index in [4.69, 9.17) is 5.73 Å². The zero-order valence-electron chi connectivity index (χ0n) is 15.5. The van der Waals surface area contributed by atoms with E-state index in [1.807, 2.05) is 61.5 Å². The predicted molar refractivity (Wildman–Crippen MR) is 106 cm³/mol. The number of hydrogen-bond donors (Lipinski definition) is 3. The third kappa shape index (κ3) is 5.08. The summed E-state index contributed by atoms with van der Waals surface area (Å²) < 4.78 is 0. The second-order valence-corrected chi connectivity index (χ2v) is 6.95. The second-order valence-electron chi connectivity index (χ2n) is 6.95. The minimum atomic E-state index is -0.642. The highest BCUT2D eigenvalue weighted by Crippen LogP contribution is 2.18. The lowest BCUT2D eigenvalue weighted by molar-refractivity contribution is -0.133. The molecule has 27 heavy (non-hydrogen) atoms. The molecule has 1 fully saturated rings. The van der Waals surface area contributed by atoms with Crippen LogP contribution in [0.25, 0.3) is 0 Å². The fraction of sp³-hybridized carbons (Fsp3) is 0.333. The van der Waals surface area contributed by atoms with Crippen molar-refractivity contribution in [1.29, 1.82) is 0 Å². The SMILES string of the molecule is Cc1ccc(C(N)C(=O)N2CCC(NC(=O)Nc3ccccc3)CC2)cc1. The molecular formula is C21H26N4O2. The molecule has 0 spiro atoms. The number of piperidine rings is 1. The summed E-state index contributed by atoms with van der Waals surface area (Å²) in [6.07, 6.45) is 1.43. The highest BCUT2D eigenvalue weighted by atomic mass is 16.2. The summed E-state index contributed by atoms with van der Waals surface area (Å²) in [5.41, 5.74) is 8.87. The van der Waals surface area contributed by atoms with Crippen LogP contribution < -0.4 is 16.4 Å². The van der Waals surface area contributed by atoms with E-state index >= 15 is 0 Å². The standard InChI is InChI=1S/C21H26N4O2/c1-15-7-9-16(10-8-15)19(22)20(26)25-13-11-18(12-14-25)24-21(27)23-17-5-3-2-4-6-17/h2-10,18-19H,11-14,22H2,1H3,(H2,23,24,27). The largest absolute Gasteiger partial charge is 0.341 e. The number of rotatable bonds is 4. The van der Waals surface area contributed by atoms with E-state index in [-0.39, 0.29) is 18.0 Å². The van der Waals surface area contributed by atoms with Crippen molar-refractivity contribution >= 4 is 17.6 Å². The molecule has 3 rings (SSSR count). The fourth-order valence-corrected chi connectivity index (χ4v) is 3.23. The summed E-state index contributed by atoms with van der Waals surface area (Å²) >= 11 is 0. The molecule has 142 valence electrons. The third-order valence-electron chi connectivity index (χ3n) is 4.88. The van der Waals surface area contributed by atoms with Crippen LogP contribution in [0.1, 0.15) is 30.0 Å². The van der Waals surface area contributed by atoms with Crippen LogP contribution in [0, 0.1) is 6.92 Å². The lowest BCUT2D eigenvalue weighted by Gasteiger charge is -2.34. The number of anilines is 1. The number of urea groups is 1. The number of para-hydroxylation sites is 1. The van der Waals surface area contributed by atoms with Gasteiger partial charge < -0.3 is 21.3 Å². The number of carbonyl (C=O) groups excluding carboxylic acids is 2. The van der Waals surface area contributed by atoms with E-state index in [0.717, 1.165) is 16.8 Å². The third-order valence-corrected chi connectivity index (χ3v) is 4.88. The zero-order chi connectivity index (χ0) is 19.2. The minimum Gasteiger partial charge on any atom is -0.341 e. The van der Waals surface area contributed by atoms with Gasteiger partial charge in [-0.25, -0.2) is 4.79 Å². The molecule has 1 atom stereocenters. The van der Waals surface area contributed by atoms with Crippen LogP contribution in [0.3, 0.4) is 0 Å². The van der Waals surface area contributed by atoms with Crippen molar-refractivity contribution < 1.29 is 9.59 Å². The topological polar surface area (TPSA) is 87.5 Å². The highest BCUT2D eigenvalue weighted by molar-refractivity contribution is 5.89. The molecule has 1 heterocycles. The Morgan fingerprint density at radius 1 is 1.04 bits per heavy atom. The van der Waals surface area contributed by atoms with Gasteiger partial charge in [-0.2, -0.15) is 0 Å². The maximum absolute atomic E-state index is 12.7. The number of amides is 3. The normalized spacial score (nSPS) is 15.9. The lowest BCUT2D eigenvalue weighted by Crippen LogP contribution is -2.49. The van der Waals surface area contributed by atoms with Gasteiger partial charge in [0.2, 0.25) is 5.91 Å². The first kappa shape index (κ1) is 18.9. The Hall–Kier alpha value is -2.86. The number of nitrogens with two attached hydrogens (primary N) is 1. The van der Waals surface area contributed by atoms with E-state index < -0.39 is 6.04 Å². The lowest BCUT2D eigenvalue weighted by atomic mass is 10.0. The van der Waals surface area contributed by atoms with Gasteiger partial charge in [-0.05, 0) is 37.5 Å². The molecule has 0 saturated carbocycles.